The molecule has 2 aromatic carbocycles. The van der Waals surface area contributed by atoms with Crippen LogP contribution in [-0.4, -0.2) is 36.6 Å². The van der Waals surface area contributed by atoms with Gasteiger partial charge in [0, 0.05) is 18.8 Å². The number of carboxylic acid groups (broad SMARTS) is 1. The molecule has 0 aliphatic rings. The molecule has 0 unspecified atom stereocenters. The number of benzene rings is 2. The Labute approximate surface area is 142 Å². The number of nitrogens with zero attached hydrogens (tertiary/aromatic N) is 2. The largest absolute Gasteiger partial charge is 0.465 e. The van der Waals surface area contributed by atoms with E-state index < -0.39 is 16.2 Å². The van der Waals surface area contributed by atoms with E-state index in [1.165, 1.54) is 49.5 Å². The van der Waals surface area contributed by atoms with Gasteiger partial charge in [-0.2, -0.15) is 8.42 Å². The first-order chi connectivity index (χ1) is 11.8. The molecule has 0 spiro atoms. The highest BCUT2D eigenvalue weighted by atomic mass is 32.2. The molecule has 1 aromatic heterocycles. The van der Waals surface area contributed by atoms with Crippen LogP contribution >= 0.6 is 0 Å². The number of aromatic nitrogens is 2. The van der Waals surface area contributed by atoms with Crippen LogP contribution in [0.15, 0.2) is 47.4 Å². The zero-order valence-electron chi connectivity index (χ0n) is 13.0. The highest BCUT2D eigenvalue weighted by Crippen LogP contribution is 2.25. The van der Waals surface area contributed by atoms with Crippen LogP contribution in [0.5, 0.6) is 5.75 Å². The molecule has 0 aliphatic heterocycles. The molecule has 130 valence electrons. The summed E-state index contributed by atoms with van der Waals surface area (Å²) >= 11 is 0. The van der Waals surface area contributed by atoms with Gasteiger partial charge in [-0.15, -0.1) is 0 Å². The molecule has 0 saturated heterocycles. The molecule has 3 aromatic rings. The van der Waals surface area contributed by atoms with Crippen molar-refractivity contribution >= 4 is 38.9 Å². The summed E-state index contributed by atoms with van der Waals surface area (Å²) in [7, 11) is -2.68. The van der Waals surface area contributed by atoms with Crippen LogP contribution < -0.4 is 14.8 Å². The average molecular weight is 362 g/mol. The first-order valence-electron chi connectivity index (χ1n) is 7.03. The van der Waals surface area contributed by atoms with Crippen LogP contribution in [0.1, 0.15) is 0 Å². The lowest BCUT2D eigenvalue weighted by Crippen LogP contribution is -2.24. The van der Waals surface area contributed by atoms with Crippen molar-refractivity contribution < 1.29 is 22.5 Å². The fraction of sp³-hybridized carbons (Fsp3) is 0.0667. The molecule has 10 heteroatoms. The second-order valence-corrected chi connectivity index (χ2v) is 6.73. The molecule has 0 radical (unpaired) electrons. The maximum Gasteiger partial charge on any atom is 0.413 e. The summed E-state index contributed by atoms with van der Waals surface area (Å²) in [4.78, 5) is 18.7. The number of amides is 1. The van der Waals surface area contributed by atoms with Gasteiger partial charge in [0.15, 0.2) is 0 Å². The summed E-state index contributed by atoms with van der Waals surface area (Å²) < 4.78 is 29.7. The quantitative estimate of drug-likeness (QED) is 0.476. The number of hydrogen-bond acceptors (Lipinski definition) is 6. The topological polar surface area (TPSA) is 139 Å². The van der Waals surface area contributed by atoms with Crippen LogP contribution in [0, 0.1) is 0 Å². The number of carbonyl (C=O) groups is 1. The minimum absolute atomic E-state index is 0.0299. The van der Waals surface area contributed by atoms with E-state index in [1.807, 2.05) is 0 Å². The van der Waals surface area contributed by atoms with Crippen molar-refractivity contribution in [2.75, 3.05) is 17.7 Å². The normalized spacial score (nSPS) is 11.4. The van der Waals surface area contributed by atoms with E-state index in [4.69, 9.17) is 15.0 Å². The number of nitrogens with two attached hydrogens (primary N) is 1. The maximum absolute atomic E-state index is 12.3. The van der Waals surface area contributed by atoms with Crippen LogP contribution in [0.4, 0.5) is 16.4 Å². The predicted octanol–water partition coefficient (Wildman–Crippen LogP) is 2.03. The van der Waals surface area contributed by atoms with Gasteiger partial charge in [-0.1, -0.05) is 0 Å². The minimum Gasteiger partial charge on any atom is -0.465 e. The third-order valence-corrected chi connectivity index (χ3v) is 4.68. The van der Waals surface area contributed by atoms with Crippen molar-refractivity contribution in [1.82, 2.24) is 9.97 Å². The number of rotatable bonds is 4. The van der Waals surface area contributed by atoms with Crippen molar-refractivity contribution in [2.24, 2.45) is 0 Å². The van der Waals surface area contributed by atoms with Gasteiger partial charge in [0.2, 0.25) is 5.95 Å². The average Bonchev–Trinajstić information content (AvgIpc) is 2.97. The molecule has 1 heterocycles. The zero-order chi connectivity index (χ0) is 18.2. The van der Waals surface area contributed by atoms with Crippen molar-refractivity contribution in [3.05, 3.63) is 42.5 Å². The highest BCUT2D eigenvalue weighted by molar-refractivity contribution is 7.87. The summed E-state index contributed by atoms with van der Waals surface area (Å²) in [5.41, 5.74) is 6.89. The number of anilines is 2. The third kappa shape index (κ3) is 3.33. The standard InChI is InChI=1S/C15H14N4O5S/c1-19(15(20)21)14-17-12-7-4-10(8-13(12)18-14)24-25(22,23)11-5-2-9(16)3-6-11/h2-8H,16H2,1H3,(H,17,18)(H,20,21). The monoisotopic (exact) mass is 362 g/mol. The molecule has 1 amide bonds. The Kier molecular flexibility index (Phi) is 3.97. The molecule has 0 bridgehead atoms. The Morgan fingerprint density at radius 1 is 1.24 bits per heavy atom. The van der Waals surface area contributed by atoms with Crippen molar-refractivity contribution in [3.63, 3.8) is 0 Å². The van der Waals surface area contributed by atoms with E-state index in [-0.39, 0.29) is 16.6 Å². The number of H-pyrrole nitrogens is 1. The van der Waals surface area contributed by atoms with Gasteiger partial charge >= 0.3 is 16.2 Å². The number of aromatic amines is 1. The lowest BCUT2D eigenvalue weighted by Gasteiger charge is -2.07. The molecule has 25 heavy (non-hydrogen) atoms. The SMILES string of the molecule is CN(C(=O)O)c1nc2ccc(OS(=O)(=O)c3ccc(N)cc3)cc2[nH]1. The number of imidazole rings is 1. The second kappa shape index (κ2) is 5.98. The Hall–Kier alpha value is -3.27. The Bertz CT molecular complexity index is 1040. The molecular weight excluding hydrogens is 348 g/mol. The van der Waals surface area contributed by atoms with Crippen molar-refractivity contribution in [3.8, 4) is 5.75 Å². The number of hydrogen-bond donors (Lipinski definition) is 3. The highest BCUT2D eigenvalue weighted by Gasteiger charge is 2.18. The minimum atomic E-state index is -4.02. The van der Waals surface area contributed by atoms with Gasteiger partial charge in [-0.3, -0.25) is 4.90 Å². The first kappa shape index (κ1) is 16.6. The molecular formula is C15H14N4O5S. The van der Waals surface area contributed by atoms with E-state index in [1.54, 1.807) is 0 Å². The van der Waals surface area contributed by atoms with Gasteiger partial charge in [0.25, 0.3) is 0 Å². The smallest absolute Gasteiger partial charge is 0.413 e. The summed E-state index contributed by atoms with van der Waals surface area (Å²) in [6, 6.07) is 10.0. The molecule has 0 saturated carbocycles. The zero-order valence-corrected chi connectivity index (χ0v) is 13.8. The summed E-state index contributed by atoms with van der Waals surface area (Å²) in [5.74, 6) is 0.179. The second-order valence-electron chi connectivity index (χ2n) is 5.19. The Balaban J connectivity index is 1.91. The molecule has 0 fully saturated rings. The van der Waals surface area contributed by atoms with E-state index >= 15 is 0 Å². The molecule has 0 aliphatic carbocycles. The number of fused-ring (bicyclic) bond motifs is 1. The van der Waals surface area contributed by atoms with Crippen LogP contribution in [0.3, 0.4) is 0 Å². The third-order valence-electron chi connectivity index (χ3n) is 3.42. The van der Waals surface area contributed by atoms with Gasteiger partial charge in [0.1, 0.15) is 10.6 Å². The molecule has 9 nitrogen and oxygen atoms in total. The van der Waals surface area contributed by atoms with E-state index in [2.05, 4.69) is 9.97 Å². The van der Waals surface area contributed by atoms with Gasteiger partial charge in [-0.05, 0) is 36.4 Å². The Morgan fingerprint density at radius 2 is 1.92 bits per heavy atom. The number of nitrogen functional groups attached to an aromatic ring is 1. The predicted molar refractivity (Wildman–Crippen MR) is 91.2 cm³/mol. The summed E-state index contributed by atoms with van der Waals surface area (Å²) in [6.07, 6.45) is -1.18. The van der Waals surface area contributed by atoms with E-state index in [0.29, 0.717) is 16.7 Å². The van der Waals surface area contributed by atoms with Gasteiger partial charge in [-0.25, -0.2) is 9.78 Å². The molecule has 4 N–H and O–H groups in total. The maximum atomic E-state index is 12.3. The van der Waals surface area contributed by atoms with Crippen LogP contribution in [0.2, 0.25) is 0 Å². The Morgan fingerprint density at radius 3 is 2.56 bits per heavy atom. The van der Waals surface area contributed by atoms with Crippen molar-refractivity contribution in [1.29, 1.82) is 0 Å². The lowest BCUT2D eigenvalue weighted by molar-refractivity contribution is 0.203. The van der Waals surface area contributed by atoms with Crippen molar-refractivity contribution in [2.45, 2.75) is 4.90 Å². The lowest BCUT2D eigenvalue weighted by atomic mass is 10.3. The molecule has 3 rings (SSSR count). The number of nitrogens with one attached hydrogen (secondary N) is 1. The summed E-state index contributed by atoms with van der Waals surface area (Å²) in [5, 5.41) is 8.97. The van der Waals surface area contributed by atoms with Crippen LogP contribution in [-0.2, 0) is 10.1 Å². The molecule has 0 atom stereocenters. The van der Waals surface area contributed by atoms with Gasteiger partial charge < -0.3 is 20.0 Å². The van der Waals surface area contributed by atoms with Crippen LogP contribution in [0.25, 0.3) is 11.0 Å². The summed E-state index contributed by atoms with van der Waals surface area (Å²) in [6.45, 7) is 0. The van der Waals surface area contributed by atoms with E-state index in [0.717, 1.165) is 4.90 Å². The van der Waals surface area contributed by atoms with Gasteiger partial charge in [0.05, 0.1) is 11.0 Å². The van der Waals surface area contributed by atoms with E-state index in [9.17, 15) is 13.2 Å². The fourth-order valence-corrected chi connectivity index (χ4v) is 3.01. The fourth-order valence-electron chi connectivity index (χ4n) is 2.09. The first-order valence-corrected chi connectivity index (χ1v) is 8.43.